The van der Waals surface area contributed by atoms with Crippen LogP contribution in [0.1, 0.15) is 0 Å². The summed E-state index contributed by atoms with van der Waals surface area (Å²) >= 11 is 5.79. The first-order valence-corrected chi connectivity index (χ1v) is 6.13. The van der Waals surface area contributed by atoms with E-state index >= 15 is 0 Å². The number of benzene rings is 1. The summed E-state index contributed by atoms with van der Waals surface area (Å²) in [5, 5.41) is 38.5. The number of hydrogen-bond acceptors (Lipinski definition) is 6. The predicted molar refractivity (Wildman–Crippen MR) is 65.8 cm³/mol. The molecule has 1 aliphatic rings. The molecule has 7 heteroatoms. The fourth-order valence-corrected chi connectivity index (χ4v) is 2.02. The summed E-state index contributed by atoms with van der Waals surface area (Å²) in [5.41, 5.74) is 0. The quantitative estimate of drug-likeness (QED) is 0.600. The van der Waals surface area contributed by atoms with Crippen molar-refractivity contribution >= 4 is 11.6 Å². The third-order valence-corrected chi connectivity index (χ3v) is 3.13. The van der Waals surface area contributed by atoms with Crippen molar-refractivity contribution in [2.45, 2.75) is 30.7 Å². The molecule has 1 aromatic rings. The highest BCUT2D eigenvalue weighted by Gasteiger charge is 2.44. The number of aliphatic hydroxyl groups is 4. The normalized spacial score (nSPS) is 35.1. The van der Waals surface area contributed by atoms with Crippen LogP contribution in [0.25, 0.3) is 0 Å². The van der Waals surface area contributed by atoms with Crippen LogP contribution >= 0.6 is 11.6 Å². The standard InChI is InChI=1S/C12H15ClO6/c13-6-2-1-3-7(4-6)18-12-11(17)10(16)9(15)8(5-14)19-12/h1-4,8-12,14-17H,5H2/t8-,9+,10+,11-,12-/m0/s1. The van der Waals surface area contributed by atoms with Crippen molar-refractivity contribution in [2.24, 2.45) is 0 Å². The third kappa shape index (κ3) is 3.17. The SMILES string of the molecule is OC[C@@H]1O[C@H](Oc2cccc(Cl)c2)[C@@H](O)[C@H](O)[C@@H]1O. The lowest BCUT2D eigenvalue weighted by Gasteiger charge is -2.39. The van der Waals surface area contributed by atoms with Crippen LogP contribution in [0.15, 0.2) is 24.3 Å². The van der Waals surface area contributed by atoms with Crippen LogP contribution in [0.4, 0.5) is 0 Å². The van der Waals surface area contributed by atoms with Gasteiger partial charge in [0.15, 0.2) is 0 Å². The molecule has 0 unspecified atom stereocenters. The van der Waals surface area contributed by atoms with Gasteiger partial charge in [0.25, 0.3) is 0 Å². The van der Waals surface area contributed by atoms with Gasteiger partial charge in [0.2, 0.25) is 6.29 Å². The monoisotopic (exact) mass is 290 g/mol. The molecule has 0 amide bonds. The topological polar surface area (TPSA) is 99.4 Å². The maximum atomic E-state index is 9.78. The highest BCUT2D eigenvalue weighted by Crippen LogP contribution is 2.25. The molecule has 0 aliphatic carbocycles. The molecule has 4 N–H and O–H groups in total. The van der Waals surface area contributed by atoms with E-state index in [9.17, 15) is 15.3 Å². The molecule has 0 aromatic heterocycles. The van der Waals surface area contributed by atoms with E-state index in [1.165, 1.54) is 6.07 Å². The summed E-state index contributed by atoms with van der Waals surface area (Å²) in [6.45, 7) is -0.500. The Morgan fingerprint density at radius 3 is 2.53 bits per heavy atom. The molecule has 1 aliphatic heterocycles. The molecule has 0 bridgehead atoms. The van der Waals surface area contributed by atoms with Crippen LogP contribution in [-0.4, -0.2) is 57.7 Å². The van der Waals surface area contributed by atoms with Crippen molar-refractivity contribution in [3.05, 3.63) is 29.3 Å². The van der Waals surface area contributed by atoms with E-state index in [4.69, 9.17) is 26.2 Å². The number of halogens is 1. The molecule has 5 atom stereocenters. The fourth-order valence-electron chi connectivity index (χ4n) is 1.84. The number of rotatable bonds is 3. The van der Waals surface area contributed by atoms with Crippen molar-refractivity contribution in [1.29, 1.82) is 0 Å². The van der Waals surface area contributed by atoms with Crippen LogP contribution in [0.2, 0.25) is 5.02 Å². The Labute approximate surface area is 114 Å². The average Bonchev–Trinajstić information content (AvgIpc) is 2.39. The van der Waals surface area contributed by atoms with Crippen molar-refractivity contribution in [2.75, 3.05) is 6.61 Å². The highest BCUT2D eigenvalue weighted by atomic mass is 35.5. The number of aliphatic hydroxyl groups excluding tert-OH is 4. The molecule has 0 radical (unpaired) electrons. The summed E-state index contributed by atoms with van der Waals surface area (Å²) in [5.74, 6) is 0.344. The molecular formula is C12H15ClO6. The van der Waals surface area contributed by atoms with Crippen LogP contribution in [-0.2, 0) is 4.74 Å². The van der Waals surface area contributed by atoms with Crippen LogP contribution < -0.4 is 4.74 Å². The van der Waals surface area contributed by atoms with Crippen molar-refractivity contribution in [3.63, 3.8) is 0 Å². The van der Waals surface area contributed by atoms with E-state index in [1.807, 2.05) is 0 Å². The van der Waals surface area contributed by atoms with Crippen LogP contribution in [0, 0.1) is 0 Å². The zero-order chi connectivity index (χ0) is 14.0. The summed E-state index contributed by atoms with van der Waals surface area (Å²) in [7, 11) is 0. The Balaban J connectivity index is 2.10. The smallest absolute Gasteiger partial charge is 0.229 e. The van der Waals surface area contributed by atoms with Crippen molar-refractivity contribution in [3.8, 4) is 5.75 Å². The van der Waals surface area contributed by atoms with Gasteiger partial charge in [-0.1, -0.05) is 17.7 Å². The lowest BCUT2D eigenvalue weighted by atomic mass is 9.99. The lowest BCUT2D eigenvalue weighted by Crippen LogP contribution is -2.60. The molecule has 106 valence electrons. The minimum absolute atomic E-state index is 0.344. The first-order chi connectivity index (χ1) is 9.02. The van der Waals surface area contributed by atoms with Gasteiger partial charge in [-0.25, -0.2) is 0 Å². The van der Waals surface area contributed by atoms with Crippen molar-refractivity contribution in [1.82, 2.24) is 0 Å². The van der Waals surface area contributed by atoms with Gasteiger partial charge >= 0.3 is 0 Å². The van der Waals surface area contributed by atoms with Gasteiger partial charge in [0.05, 0.1) is 6.61 Å². The zero-order valence-electron chi connectivity index (χ0n) is 9.89. The molecule has 2 rings (SSSR count). The highest BCUT2D eigenvalue weighted by molar-refractivity contribution is 6.30. The second-order valence-corrected chi connectivity index (χ2v) is 4.71. The Hall–Kier alpha value is -0.890. The molecule has 1 fully saturated rings. The summed E-state index contributed by atoms with van der Waals surface area (Å²) < 4.78 is 10.6. The second-order valence-electron chi connectivity index (χ2n) is 4.27. The maximum absolute atomic E-state index is 9.78. The Kier molecular flexibility index (Phi) is 4.62. The molecule has 1 aromatic carbocycles. The van der Waals surface area contributed by atoms with Gasteiger partial charge in [0.1, 0.15) is 30.2 Å². The van der Waals surface area contributed by atoms with E-state index in [-0.39, 0.29) is 0 Å². The molecule has 19 heavy (non-hydrogen) atoms. The number of ether oxygens (including phenoxy) is 2. The molecular weight excluding hydrogens is 276 g/mol. The summed E-state index contributed by atoms with van der Waals surface area (Å²) in [4.78, 5) is 0. The van der Waals surface area contributed by atoms with Crippen LogP contribution in [0.5, 0.6) is 5.75 Å². The van der Waals surface area contributed by atoms with E-state index in [0.29, 0.717) is 10.8 Å². The minimum atomic E-state index is -1.46. The second kappa shape index (κ2) is 6.04. The summed E-state index contributed by atoms with van der Waals surface area (Å²) in [6.07, 6.45) is -6.50. The first-order valence-electron chi connectivity index (χ1n) is 5.75. The van der Waals surface area contributed by atoms with Gasteiger partial charge in [-0.15, -0.1) is 0 Å². The van der Waals surface area contributed by atoms with Crippen molar-refractivity contribution < 1.29 is 29.9 Å². The van der Waals surface area contributed by atoms with Gasteiger partial charge in [-0.2, -0.15) is 0 Å². The lowest BCUT2D eigenvalue weighted by molar-refractivity contribution is -0.277. The molecule has 1 saturated heterocycles. The number of hydrogen-bond donors (Lipinski definition) is 4. The Bertz CT molecular complexity index is 426. The average molecular weight is 291 g/mol. The zero-order valence-corrected chi connectivity index (χ0v) is 10.6. The fraction of sp³-hybridized carbons (Fsp3) is 0.500. The third-order valence-electron chi connectivity index (χ3n) is 2.90. The maximum Gasteiger partial charge on any atom is 0.229 e. The predicted octanol–water partition coefficient (Wildman–Crippen LogP) is -0.481. The van der Waals surface area contributed by atoms with E-state index in [2.05, 4.69) is 0 Å². The molecule has 0 saturated carbocycles. The minimum Gasteiger partial charge on any atom is -0.462 e. The molecule has 6 nitrogen and oxygen atoms in total. The Morgan fingerprint density at radius 2 is 1.89 bits per heavy atom. The first kappa shape index (κ1) is 14.5. The molecule has 1 heterocycles. The largest absolute Gasteiger partial charge is 0.462 e. The van der Waals surface area contributed by atoms with Crippen LogP contribution in [0.3, 0.4) is 0 Å². The van der Waals surface area contributed by atoms with E-state index in [0.717, 1.165) is 0 Å². The molecule has 0 spiro atoms. The Morgan fingerprint density at radius 1 is 1.16 bits per heavy atom. The van der Waals surface area contributed by atoms with Gasteiger partial charge in [-0.3, -0.25) is 0 Å². The van der Waals surface area contributed by atoms with Gasteiger partial charge < -0.3 is 29.9 Å². The summed E-state index contributed by atoms with van der Waals surface area (Å²) in [6, 6.07) is 6.43. The van der Waals surface area contributed by atoms with E-state index in [1.54, 1.807) is 18.2 Å². The van der Waals surface area contributed by atoms with Gasteiger partial charge in [-0.05, 0) is 18.2 Å². The van der Waals surface area contributed by atoms with Gasteiger partial charge in [0, 0.05) is 5.02 Å². The van der Waals surface area contributed by atoms with E-state index < -0.39 is 37.3 Å².